The molecule has 1 aromatic heterocycles. The summed E-state index contributed by atoms with van der Waals surface area (Å²) in [4.78, 5) is 26.7. The smallest absolute Gasteiger partial charge is 0.251 e. The Hall–Kier alpha value is -3.19. The third-order valence-electron chi connectivity index (χ3n) is 5.08. The van der Waals surface area contributed by atoms with Gasteiger partial charge in [-0.3, -0.25) is 9.59 Å². The van der Waals surface area contributed by atoms with Gasteiger partial charge >= 0.3 is 0 Å². The van der Waals surface area contributed by atoms with E-state index < -0.39 is 0 Å². The van der Waals surface area contributed by atoms with Gasteiger partial charge in [0.2, 0.25) is 5.91 Å². The monoisotopic (exact) mass is 450 g/mol. The second-order valence-electron chi connectivity index (χ2n) is 7.88. The fourth-order valence-electron chi connectivity index (χ4n) is 3.51. The zero-order valence-corrected chi connectivity index (χ0v) is 18.9. The maximum absolute atomic E-state index is 12.6. The third kappa shape index (κ3) is 5.34. The Morgan fingerprint density at radius 2 is 1.91 bits per heavy atom. The molecule has 1 aliphatic heterocycles. The van der Waals surface area contributed by atoms with Crippen molar-refractivity contribution >= 4 is 23.6 Å². The van der Waals surface area contributed by atoms with Gasteiger partial charge in [0.05, 0.1) is 24.7 Å². The number of hydrogen-bond acceptors (Lipinski definition) is 5. The molecule has 0 spiro atoms. The quantitative estimate of drug-likeness (QED) is 0.535. The highest BCUT2D eigenvalue weighted by molar-refractivity contribution is 8.00. The minimum absolute atomic E-state index is 0.0861. The Morgan fingerprint density at radius 3 is 2.56 bits per heavy atom. The van der Waals surface area contributed by atoms with Crippen LogP contribution >= 0.6 is 11.8 Å². The predicted molar refractivity (Wildman–Crippen MR) is 124 cm³/mol. The van der Waals surface area contributed by atoms with Crippen LogP contribution in [0.3, 0.4) is 0 Å². The number of nitrogens with zero attached hydrogens (tertiary/aromatic N) is 1. The van der Waals surface area contributed by atoms with Crippen LogP contribution in [0, 0.1) is 0 Å². The first kappa shape index (κ1) is 22.0. The van der Waals surface area contributed by atoms with Crippen molar-refractivity contribution in [3.63, 3.8) is 0 Å². The lowest BCUT2D eigenvalue weighted by molar-refractivity contribution is -0.128. The van der Waals surface area contributed by atoms with E-state index in [-0.39, 0.29) is 23.3 Å². The summed E-state index contributed by atoms with van der Waals surface area (Å²) in [6.07, 6.45) is 1.74. The average molecular weight is 451 g/mol. The highest BCUT2D eigenvalue weighted by Crippen LogP contribution is 2.39. The van der Waals surface area contributed by atoms with Crippen molar-refractivity contribution in [3.8, 4) is 5.75 Å². The van der Waals surface area contributed by atoms with Crippen LogP contribution in [-0.2, 0) is 17.9 Å². The highest BCUT2D eigenvalue weighted by Gasteiger charge is 2.33. The van der Waals surface area contributed by atoms with E-state index in [2.05, 4.69) is 5.32 Å². The predicted octanol–water partition coefficient (Wildman–Crippen LogP) is 4.77. The molecule has 1 N–H and O–H groups in total. The molecule has 1 atom stereocenters. The van der Waals surface area contributed by atoms with Gasteiger partial charge in [0, 0.05) is 12.1 Å². The number of nitrogens with one attached hydrogen (secondary N) is 1. The Balaban J connectivity index is 1.35. The van der Waals surface area contributed by atoms with Gasteiger partial charge in [-0.2, -0.15) is 0 Å². The molecule has 0 saturated carbocycles. The van der Waals surface area contributed by atoms with Gasteiger partial charge in [-0.15, -0.1) is 11.8 Å². The number of hydrogen-bond donors (Lipinski definition) is 1. The van der Waals surface area contributed by atoms with Gasteiger partial charge < -0.3 is 19.4 Å². The van der Waals surface area contributed by atoms with Crippen molar-refractivity contribution in [2.45, 2.75) is 38.4 Å². The number of rotatable bonds is 8. The molecular weight excluding hydrogens is 424 g/mol. The van der Waals surface area contributed by atoms with E-state index in [9.17, 15) is 9.59 Å². The van der Waals surface area contributed by atoms with E-state index in [1.807, 2.05) is 67.3 Å². The standard InChI is InChI=1S/C25H26N2O4S/c1-17(2)31-21-11-5-18(6-12-21)14-26-24(29)19-7-9-20(10-8-19)25-27(23(28)16-32-25)15-22-4-3-13-30-22/h3-13,17,25H,14-16H2,1-2H3,(H,26,29)/t25-/m1/s1. The minimum atomic E-state index is -0.137. The number of ether oxygens (including phenoxy) is 1. The van der Waals surface area contributed by atoms with Crippen LogP contribution in [0.5, 0.6) is 5.75 Å². The summed E-state index contributed by atoms with van der Waals surface area (Å²) in [7, 11) is 0. The molecular formula is C25H26N2O4S. The van der Waals surface area contributed by atoms with Gasteiger partial charge in [-0.1, -0.05) is 24.3 Å². The van der Waals surface area contributed by atoms with Crippen LogP contribution in [-0.4, -0.2) is 28.6 Å². The van der Waals surface area contributed by atoms with Gasteiger partial charge in [0.25, 0.3) is 5.91 Å². The zero-order chi connectivity index (χ0) is 22.5. The van der Waals surface area contributed by atoms with Crippen molar-refractivity contribution in [3.05, 3.63) is 89.4 Å². The van der Waals surface area contributed by atoms with Crippen molar-refractivity contribution in [1.82, 2.24) is 10.2 Å². The summed E-state index contributed by atoms with van der Waals surface area (Å²) < 4.78 is 11.0. The Bertz CT molecular complexity index is 1050. The number of thioether (sulfide) groups is 1. The second-order valence-corrected chi connectivity index (χ2v) is 8.95. The zero-order valence-electron chi connectivity index (χ0n) is 18.1. The van der Waals surface area contributed by atoms with E-state index >= 15 is 0 Å². The molecule has 0 aliphatic carbocycles. The molecule has 6 nitrogen and oxygen atoms in total. The molecule has 166 valence electrons. The van der Waals surface area contributed by atoms with E-state index in [1.165, 1.54) is 0 Å². The van der Waals surface area contributed by atoms with E-state index in [0.717, 1.165) is 22.6 Å². The highest BCUT2D eigenvalue weighted by atomic mass is 32.2. The number of carbonyl (C=O) groups is 2. The van der Waals surface area contributed by atoms with Gasteiger partial charge in [-0.25, -0.2) is 0 Å². The SMILES string of the molecule is CC(C)Oc1ccc(CNC(=O)c2ccc([C@H]3SCC(=O)N3Cc3ccco3)cc2)cc1. The number of furan rings is 1. The number of benzene rings is 2. The summed E-state index contributed by atoms with van der Waals surface area (Å²) in [5.41, 5.74) is 2.57. The first-order valence-electron chi connectivity index (χ1n) is 10.6. The summed E-state index contributed by atoms with van der Waals surface area (Å²) >= 11 is 1.58. The summed E-state index contributed by atoms with van der Waals surface area (Å²) in [5, 5.41) is 2.86. The average Bonchev–Trinajstić information content (AvgIpc) is 3.43. The van der Waals surface area contributed by atoms with Crippen LogP contribution in [0.1, 0.15) is 46.5 Å². The van der Waals surface area contributed by atoms with Crippen LogP contribution < -0.4 is 10.1 Å². The van der Waals surface area contributed by atoms with Crippen LogP contribution in [0.2, 0.25) is 0 Å². The molecule has 1 saturated heterocycles. The summed E-state index contributed by atoms with van der Waals surface area (Å²) in [5.74, 6) is 1.96. The topological polar surface area (TPSA) is 71.8 Å². The van der Waals surface area contributed by atoms with Crippen LogP contribution in [0.25, 0.3) is 0 Å². The lowest BCUT2D eigenvalue weighted by Gasteiger charge is -2.23. The second kappa shape index (κ2) is 9.96. The van der Waals surface area contributed by atoms with Gasteiger partial charge in [-0.05, 0) is 61.4 Å². The molecule has 0 unspecified atom stereocenters. The van der Waals surface area contributed by atoms with Crippen molar-refractivity contribution in [1.29, 1.82) is 0 Å². The Labute approximate surface area is 191 Å². The molecule has 0 radical (unpaired) electrons. The van der Waals surface area contributed by atoms with Crippen LogP contribution in [0.4, 0.5) is 0 Å². The van der Waals surface area contributed by atoms with Crippen molar-refractivity contribution in [2.24, 2.45) is 0 Å². The minimum Gasteiger partial charge on any atom is -0.491 e. The summed E-state index contributed by atoms with van der Waals surface area (Å²) in [6, 6.07) is 18.8. The fourth-order valence-corrected chi connectivity index (χ4v) is 4.70. The molecule has 1 aliphatic rings. The van der Waals surface area contributed by atoms with Gasteiger partial charge in [0.15, 0.2) is 0 Å². The first-order valence-corrected chi connectivity index (χ1v) is 11.6. The van der Waals surface area contributed by atoms with Crippen molar-refractivity contribution < 1.29 is 18.7 Å². The lowest BCUT2D eigenvalue weighted by Crippen LogP contribution is -2.27. The van der Waals surface area contributed by atoms with Crippen LogP contribution in [0.15, 0.2) is 71.3 Å². The number of carbonyl (C=O) groups excluding carboxylic acids is 2. The Morgan fingerprint density at radius 1 is 1.16 bits per heavy atom. The molecule has 2 amide bonds. The molecule has 2 aromatic carbocycles. The molecule has 32 heavy (non-hydrogen) atoms. The Kier molecular flexibility index (Phi) is 6.85. The summed E-state index contributed by atoms with van der Waals surface area (Å²) in [6.45, 7) is 4.85. The van der Waals surface area contributed by atoms with Gasteiger partial charge in [0.1, 0.15) is 16.9 Å². The van der Waals surface area contributed by atoms with E-state index in [1.54, 1.807) is 30.2 Å². The normalized spacial score (nSPS) is 15.9. The maximum atomic E-state index is 12.6. The molecule has 1 fully saturated rings. The molecule has 0 bridgehead atoms. The fraction of sp³-hybridized carbons (Fsp3) is 0.280. The van der Waals surface area contributed by atoms with E-state index in [0.29, 0.717) is 24.4 Å². The number of amides is 2. The first-order chi connectivity index (χ1) is 15.5. The molecule has 4 rings (SSSR count). The third-order valence-corrected chi connectivity index (χ3v) is 6.34. The maximum Gasteiger partial charge on any atom is 0.251 e. The van der Waals surface area contributed by atoms with E-state index in [4.69, 9.17) is 9.15 Å². The van der Waals surface area contributed by atoms with Crippen molar-refractivity contribution in [2.75, 3.05) is 5.75 Å². The molecule has 2 heterocycles. The largest absolute Gasteiger partial charge is 0.491 e. The lowest BCUT2D eigenvalue weighted by atomic mass is 10.1. The molecule has 7 heteroatoms. The molecule has 3 aromatic rings.